The minimum atomic E-state index is -1.99. The Labute approximate surface area is 695 Å². The predicted octanol–water partition coefficient (Wildman–Crippen LogP) is 17.7. The molecule has 3 aliphatic rings. The molecule has 3 saturated heterocycles. The van der Waals surface area contributed by atoms with Crippen LogP contribution < -0.4 is 5.32 Å². The molecule has 0 aliphatic carbocycles. The Morgan fingerprint density at radius 1 is 0.322 bits per heavy atom. The number of carbonyl (C=O) groups is 1. The highest BCUT2D eigenvalue weighted by Gasteiger charge is 2.54. The van der Waals surface area contributed by atoms with E-state index in [2.05, 4.69) is 153 Å². The van der Waals surface area contributed by atoms with Crippen LogP contribution >= 0.6 is 0 Å². The zero-order valence-electron chi connectivity index (χ0n) is 71.2. The van der Waals surface area contributed by atoms with Gasteiger partial charge in [-0.15, -0.1) is 0 Å². The number of hydrogen-bond donors (Lipinski definition) is 12. The fourth-order valence-corrected chi connectivity index (χ4v) is 14.4. The van der Waals surface area contributed by atoms with Crippen molar-refractivity contribution in [3.63, 3.8) is 0 Å². The zero-order chi connectivity index (χ0) is 83.1. The highest BCUT2D eigenvalue weighted by molar-refractivity contribution is 5.76. The molecule has 3 aliphatic heterocycles. The van der Waals surface area contributed by atoms with E-state index >= 15 is 0 Å². The molecule has 3 heterocycles. The molecule has 0 saturated carbocycles. The van der Waals surface area contributed by atoms with Crippen LogP contribution in [0.3, 0.4) is 0 Å². The van der Waals surface area contributed by atoms with Crippen LogP contribution in [0.5, 0.6) is 0 Å². The highest BCUT2D eigenvalue weighted by atomic mass is 16.8. The second kappa shape index (κ2) is 73.6. The maximum Gasteiger partial charge on any atom is 0.220 e. The van der Waals surface area contributed by atoms with Gasteiger partial charge in [0.2, 0.25) is 5.91 Å². The van der Waals surface area contributed by atoms with Gasteiger partial charge in [0.05, 0.1) is 38.6 Å². The Morgan fingerprint density at radius 3 is 0.974 bits per heavy atom. The number of ether oxygens (including phenoxy) is 6. The first-order chi connectivity index (χ1) is 56.3. The van der Waals surface area contributed by atoms with Crippen molar-refractivity contribution < 1.29 is 89.4 Å². The first-order valence-corrected chi connectivity index (χ1v) is 45.6. The van der Waals surface area contributed by atoms with Crippen LogP contribution in [0.25, 0.3) is 0 Å². The van der Waals surface area contributed by atoms with Gasteiger partial charge in [-0.2, -0.15) is 0 Å². The molecule has 19 nitrogen and oxygen atoms in total. The van der Waals surface area contributed by atoms with Gasteiger partial charge in [0.1, 0.15) is 73.2 Å². The Kier molecular flexibility index (Phi) is 67.1. The molecule has 12 N–H and O–H groups in total. The summed E-state index contributed by atoms with van der Waals surface area (Å²) in [6.07, 6.45) is 81.4. The van der Waals surface area contributed by atoms with E-state index in [-0.39, 0.29) is 18.9 Å². The topological polar surface area (TPSA) is 307 Å². The molecular weight excluding hydrogens is 1460 g/mol. The molecule has 17 unspecified atom stereocenters. The van der Waals surface area contributed by atoms with Crippen LogP contribution in [-0.2, 0) is 33.2 Å². The van der Waals surface area contributed by atoms with Gasteiger partial charge in [0, 0.05) is 6.42 Å². The summed E-state index contributed by atoms with van der Waals surface area (Å²) in [5.74, 6) is -0.303. The van der Waals surface area contributed by atoms with E-state index < -0.39 is 124 Å². The van der Waals surface area contributed by atoms with Crippen molar-refractivity contribution >= 4 is 5.91 Å². The number of unbranched alkanes of at least 4 members (excludes halogenated alkanes) is 34. The van der Waals surface area contributed by atoms with E-state index in [4.69, 9.17) is 28.4 Å². The number of aliphatic hydroxyl groups excluding tert-OH is 11. The summed E-state index contributed by atoms with van der Waals surface area (Å²) in [7, 11) is 0. The fourth-order valence-electron chi connectivity index (χ4n) is 14.4. The van der Waals surface area contributed by atoms with Gasteiger partial charge < -0.3 is 89.9 Å². The van der Waals surface area contributed by atoms with Crippen LogP contribution in [0.4, 0.5) is 0 Å². The molecule has 0 radical (unpaired) electrons. The summed E-state index contributed by atoms with van der Waals surface area (Å²) < 4.78 is 34.5. The maximum absolute atomic E-state index is 13.5. The minimum Gasteiger partial charge on any atom is -0.394 e. The number of aliphatic hydroxyl groups is 11. The molecule has 3 fully saturated rings. The predicted molar refractivity (Wildman–Crippen MR) is 466 cm³/mol. The number of allylic oxidation sites excluding steroid dienone is 23. The maximum atomic E-state index is 13.5. The van der Waals surface area contributed by atoms with Crippen LogP contribution in [0.2, 0.25) is 0 Å². The van der Waals surface area contributed by atoms with Gasteiger partial charge in [-0.05, 0) is 109 Å². The Hall–Kier alpha value is -4.33. The molecule has 17 atom stereocenters. The number of carbonyl (C=O) groups excluding carboxylic acids is 1. The van der Waals surface area contributed by atoms with E-state index in [0.29, 0.717) is 12.8 Å². The second-order valence-corrected chi connectivity index (χ2v) is 31.7. The summed E-state index contributed by atoms with van der Waals surface area (Å²) in [5.41, 5.74) is 0. The molecule has 0 bridgehead atoms. The van der Waals surface area contributed by atoms with E-state index in [9.17, 15) is 61.0 Å². The fraction of sp³-hybridized carbons (Fsp3) is 0.740. The third kappa shape index (κ3) is 51.8. The first kappa shape index (κ1) is 105. The highest BCUT2D eigenvalue weighted by Crippen LogP contribution is 2.33. The van der Waals surface area contributed by atoms with Crippen LogP contribution in [0.15, 0.2) is 146 Å². The van der Waals surface area contributed by atoms with Crippen LogP contribution in [0, 0.1) is 0 Å². The number of nitrogens with one attached hydrogen (secondary N) is 1. The average Bonchev–Trinajstić information content (AvgIpc) is 0.779. The van der Waals surface area contributed by atoms with Crippen molar-refractivity contribution in [2.24, 2.45) is 0 Å². The van der Waals surface area contributed by atoms with E-state index in [0.717, 1.165) is 122 Å². The molecule has 0 aromatic carbocycles. The lowest BCUT2D eigenvalue weighted by molar-refractivity contribution is -0.379. The number of amides is 1. The summed E-state index contributed by atoms with van der Waals surface area (Å²) >= 11 is 0. The summed E-state index contributed by atoms with van der Waals surface area (Å²) in [5, 5.41) is 121. The first-order valence-electron chi connectivity index (χ1n) is 45.6. The van der Waals surface area contributed by atoms with E-state index in [1.807, 2.05) is 6.08 Å². The van der Waals surface area contributed by atoms with E-state index in [1.165, 1.54) is 167 Å². The van der Waals surface area contributed by atoms with Crippen molar-refractivity contribution in [2.45, 2.75) is 426 Å². The smallest absolute Gasteiger partial charge is 0.220 e. The third-order valence-corrected chi connectivity index (χ3v) is 21.6. The Morgan fingerprint density at radius 2 is 0.609 bits per heavy atom. The monoisotopic (exact) mass is 1620 g/mol. The molecular formula is C96H163NO18. The molecule has 3 rings (SSSR count). The lowest BCUT2D eigenvalue weighted by Crippen LogP contribution is -2.66. The summed E-state index contributed by atoms with van der Waals surface area (Å²) in [6, 6.07) is -1.01. The van der Waals surface area contributed by atoms with Crippen LogP contribution in [0.1, 0.15) is 322 Å². The zero-order valence-corrected chi connectivity index (χ0v) is 71.2. The van der Waals surface area contributed by atoms with Crippen molar-refractivity contribution in [3.8, 4) is 0 Å². The molecule has 0 aromatic heterocycles. The SMILES string of the molecule is CC/C=C\C/C=C\C/C=C\C/C=C\C/C=C\C/C=C\C/C=C\C/C=C\C/C=C\C/C=C\CCCCCCCCC(=O)NC(COC1OC(CO)C(OC2OC(CO)C(OC3OC(CO)C(O)C(O)C3O)C(O)C2O)C(O)C1O)C(O)/C=C/CC/C=C/CCCCCCCCCCCCCCCCCCCCCCCCCCCCC. The van der Waals surface area contributed by atoms with Gasteiger partial charge in [0.25, 0.3) is 0 Å². The molecule has 0 aromatic rings. The van der Waals surface area contributed by atoms with Crippen LogP contribution in [-0.4, -0.2) is 193 Å². The summed E-state index contributed by atoms with van der Waals surface area (Å²) in [4.78, 5) is 13.5. The van der Waals surface area contributed by atoms with Crippen molar-refractivity contribution in [3.05, 3.63) is 146 Å². The largest absolute Gasteiger partial charge is 0.394 e. The van der Waals surface area contributed by atoms with Crippen molar-refractivity contribution in [2.75, 3.05) is 26.4 Å². The molecule has 115 heavy (non-hydrogen) atoms. The second-order valence-electron chi connectivity index (χ2n) is 31.7. The third-order valence-electron chi connectivity index (χ3n) is 21.6. The summed E-state index contributed by atoms with van der Waals surface area (Å²) in [6.45, 7) is 1.62. The Bertz CT molecular complexity index is 2650. The molecule has 19 heteroatoms. The van der Waals surface area contributed by atoms with Crippen molar-refractivity contribution in [1.82, 2.24) is 5.32 Å². The van der Waals surface area contributed by atoms with Gasteiger partial charge in [-0.3, -0.25) is 4.79 Å². The van der Waals surface area contributed by atoms with Gasteiger partial charge in [0.15, 0.2) is 18.9 Å². The molecule has 660 valence electrons. The standard InChI is InChI=1S/C96H163NO18/c1-3-5-7-9-11-13-15-17-19-21-23-25-27-29-31-33-35-37-38-39-40-42-44-46-48-50-52-54-56-58-60-62-64-66-68-70-72-74-84(102)97-79(80(101)73-71-69-67-65-63-61-59-57-55-53-51-49-47-45-43-41-36-34-32-30-28-26-24-22-20-18-16-14-12-10-8-6-4-2)78-110-94-90(108)87(105)92(82(76-99)112-94)115-96-91(109)88(106)93(83(77-100)113-96)114-95-89(107)86(104)85(103)81(75-98)111-95/h5,7,11,13,17,19,23,25,29,31,35,37,39-40,44,46,50,52,56,58,63,65,71,73,79-83,85-96,98-101,103-109H,3-4,6,8-10,12,14-16,18,20-22,24,26-28,30,32-34,36,38,41-43,45,47-49,51,53-55,57,59-62,64,66-70,72,74-78H2,1-2H3,(H,97,102)/b7-5-,13-11-,19-17-,25-23-,31-29-,37-35-,40-39-,46-44-,52-50-,58-56-,65-63+,73-71+. The van der Waals surface area contributed by atoms with Gasteiger partial charge in [-0.1, -0.05) is 352 Å². The average molecular weight is 1620 g/mol. The van der Waals surface area contributed by atoms with E-state index in [1.54, 1.807) is 6.08 Å². The van der Waals surface area contributed by atoms with Crippen molar-refractivity contribution in [1.29, 1.82) is 0 Å². The lowest BCUT2D eigenvalue weighted by atomic mass is 9.96. The molecule has 0 spiro atoms. The quantitative estimate of drug-likeness (QED) is 0.0199. The van der Waals surface area contributed by atoms with Gasteiger partial charge in [-0.25, -0.2) is 0 Å². The number of rotatable bonds is 72. The minimum absolute atomic E-state index is 0.209. The van der Waals surface area contributed by atoms with Gasteiger partial charge >= 0.3 is 0 Å². The Balaban J connectivity index is 1.36. The lowest BCUT2D eigenvalue weighted by Gasteiger charge is -2.48. The molecule has 1 amide bonds. The number of hydrogen-bond acceptors (Lipinski definition) is 18. The normalized spacial score (nSPS) is 25.3.